The van der Waals surface area contributed by atoms with E-state index in [1.165, 1.54) is 0 Å². The Balaban J connectivity index is 3.33. The van der Waals surface area contributed by atoms with Gasteiger partial charge in [0.2, 0.25) is 11.8 Å². The molecule has 0 aliphatic heterocycles. The van der Waals surface area contributed by atoms with Gasteiger partial charge in [-0.3, -0.25) is 10.1 Å². The van der Waals surface area contributed by atoms with Crippen LogP contribution in [0.3, 0.4) is 0 Å². The van der Waals surface area contributed by atoms with Gasteiger partial charge in [0.05, 0.1) is 4.92 Å². The van der Waals surface area contributed by atoms with Gasteiger partial charge in [0.1, 0.15) is 5.69 Å². The predicted molar refractivity (Wildman–Crippen MR) is 79.8 cm³/mol. The van der Waals surface area contributed by atoms with Gasteiger partial charge in [-0.05, 0) is 26.7 Å². The number of hydrogen-bond donors (Lipinski definition) is 1. The number of hydrogen-bond acceptors (Lipinski definition) is 6. The van der Waals surface area contributed by atoms with Gasteiger partial charge >= 0.3 is 5.69 Å². The number of nitrogens with two attached hydrogens (primary N) is 1. The van der Waals surface area contributed by atoms with Gasteiger partial charge in [0.25, 0.3) is 0 Å². The third kappa shape index (κ3) is 3.55. The van der Waals surface area contributed by atoms with E-state index in [1.54, 1.807) is 6.92 Å². The molecular formula is C13H23N5O2. The minimum absolute atomic E-state index is 0.0457. The molecule has 0 radical (unpaired) electrons. The fourth-order valence-electron chi connectivity index (χ4n) is 2.07. The molecule has 20 heavy (non-hydrogen) atoms. The van der Waals surface area contributed by atoms with E-state index < -0.39 is 4.92 Å². The molecule has 0 saturated heterocycles. The first-order chi connectivity index (χ1) is 9.42. The zero-order chi connectivity index (χ0) is 15.3. The van der Waals surface area contributed by atoms with Crippen LogP contribution in [0.4, 0.5) is 17.5 Å². The fourth-order valence-corrected chi connectivity index (χ4v) is 2.07. The van der Waals surface area contributed by atoms with Gasteiger partial charge in [-0.2, -0.15) is 4.98 Å². The van der Waals surface area contributed by atoms with Crippen molar-refractivity contribution in [3.63, 3.8) is 0 Å². The van der Waals surface area contributed by atoms with Gasteiger partial charge < -0.3 is 10.6 Å². The summed E-state index contributed by atoms with van der Waals surface area (Å²) in [7, 11) is 0. The summed E-state index contributed by atoms with van der Waals surface area (Å²) in [6.45, 7) is 8.49. The molecule has 0 fully saturated rings. The summed E-state index contributed by atoms with van der Waals surface area (Å²) in [5.41, 5.74) is 5.93. The highest BCUT2D eigenvalue weighted by Gasteiger charge is 2.27. The number of aryl methyl sites for hydroxylation is 1. The van der Waals surface area contributed by atoms with Gasteiger partial charge in [0.15, 0.2) is 0 Å². The van der Waals surface area contributed by atoms with Crippen LogP contribution in [0.15, 0.2) is 0 Å². The zero-order valence-electron chi connectivity index (χ0n) is 12.6. The Morgan fingerprint density at radius 2 is 2.05 bits per heavy atom. The summed E-state index contributed by atoms with van der Waals surface area (Å²) in [6, 6.07) is 0.161. The molecule has 0 aliphatic rings. The number of anilines is 2. The van der Waals surface area contributed by atoms with Crippen molar-refractivity contribution in [2.24, 2.45) is 0 Å². The average molecular weight is 281 g/mol. The van der Waals surface area contributed by atoms with Crippen molar-refractivity contribution in [2.45, 2.75) is 53.0 Å². The molecule has 7 nitrogen and oxygen atoms in total. The second-order valence-corrected chi connectivity index (χ2v) is 4.90. The maximum atomic E-state index is 11.3. The van der Waals surface area contributed by atoms with Crippen LogP contribution in [0.2, 0.25) is 0 Å². The van der Waals surface area contributed by atoms with Crippen molar-refractivity contribution in [3.8, 4) is 0 Å². The lowest BCUT2D eigenvalue weighted by Gasteiger charge is -2.29. The number of aromatic nitrogens is 2. The molecule has 7 heteroatoms. The Hall–Kier alpha value is -1.92. The minimum Gasteiger partial charge on any atom is -0.368 e. The van der Waals surface area contributed by atoms with Crippen LogP contribution >= 0.6 is 0 Å². The monoisotopic (exact) mass is 281 g/mol. The van der Waals surface area contributed by atoms with Crippen molar-refractivity contribution in [1.82, 2.24) is 9.97 Å². The highest BCUT2D eigenvalue weighted by atomic mass is 16.6. The lowest BCUT2D eigenvalue weighted by Crippen LogP contribution is -2.35. The zero-order valence-corrected chi connectivity index (χ0v) is 12.6. The number of nitro groups is 1. The SMILES string of the molecule is CCCCN(c1nc(N)nc(C)c1[N+](=O)[O-])C(C)CC. The van der Waals surface area contributed by atoms with Gasteiger partial charge in [-0.25, -0.2) is 4.98 Å². The minimum atomic E-state index is -0.425. The van der Waals surface area contributed by atoms with Gasteiger partial charge in [-0.15, -0.1) is 0 Å². The standard InChI is InChI=1S/C13H23N5O2/c1-5-7-8-17(9(3)6-2)12-11(18(19)20)10(4)15-13(14)16-12/h9H,5-8H2,1-4H3,(H2,14,15,16). The maximum Gasteiger partial charge on any atom is 0.332 e. The van der Waals surface area contributed by atoms with Crippen molar-refractivity contribution < 1.29 is 4.92 Å². The molecule has 0 spiro atoms. The van der Waals surface area contributed by atoms with Crippen molar-refractivity contribution in [2.75, 3.05) is 17.2 Å². The Kier molecular flexibility index (Phi) is 5.66. The van der Waals surface area contributed by atoms with Crippen LogP contribution in [0.25, 0.3) is 0 Å². The molecular weight excluding hydrogens is 258 g/mol. The third-order valence-electron chi connectivity index (χ3n) is 3.39. The maximum absolute atomic E-state index is 11.3. The van der Waals surface area contributed by atoms with E-state index in [2.05, 4.69) is 16.9 Å². The van der Waals surface area contributed by atoms with E-state index in [9.17, 15) is 10.1 Å². The highest BCUT2D eigenvalue weighted by Crippen LogP contribution is 2.31. The molecule has 112 valence electrons. The quantitative estimate of drug-likeness (QED) is 0.609. The second kappa shape index (κ2) is 7.02. The van der Waals surface area contributed by atoms with Crippen molar-refractivity contribution >= 4 is 17.5 Å². The molecule has 2 N–H and O–H groups in total. The van der Waals surface area contributed by atoms with E-state index in [-0.39, 0.29) is 17.7 Å². The molecule has 0 aliphatic carbocycles. The first kappa shape index (κ1) is 16.1. The number of nitrogen functional groups attached to an aromatic ring is 1. The number of rotatable bonds is 7. The van der Waals surface area contributed by atoms with Crippen LogP contribution in [-0.2, 0) is 0 Å². The predicted octanol–water partition coefficient (Wildman–Crippen LogP) is 2.68. The summed E-state index contributed by atoms with van der Waals surface area (Å²) in [5, 5.41) is 11.3. The van der Waals surface area contributed by atoms with Crippen LogP contribution in [0.5, 0.6) is 0 Å². The van der Waals surface area contributed by atoms with Crippen LogP contribution in [0, 0.1) is 17.0 Å². The van der Waals surface area contributed by atoms with E-state index in [1.807, 2.05) is 18.7 Å². The molecule has 1 aromatic rings. The molecule has 0 amide bonds. The van der Waals surface area contributed by atoms with Crippen molar-refractivity contribution in [1.29, 1.82) is 0 Å². The Morgan fingerprint density at radius 3 is 2.55 bits per heavy atom. The summed E-state index contributed by atoms with van der Waals surface area (Å²) in [5.74, 6) is 0.413. The number of nitrogens with zero attached hydrogens (tertiary/aromatic N) is 4. The molecule has 0 saturated carbocycles. The van der Waals surface area contributed by atoms with E-state index in [0.29, 0.717) is 11.5 Å². The van der Waals surface area contributed by atoms with E-state index in [4.69, 9.17) is 5.73 Å². The molecule has 0 bridgehead atoms. The van der Waals surface area contributed by atoms with E-state index >= 15 is 0 Å². The Morgan fingerprint density at radius 1 is 1.40 bits per heavy atom. The van der Waals surface area contributed by atoms with Crippen LogP contribution in [-0.4, -0.2) is 27.5 Å². The Bertz CT molecular complexity index is 478. The number of unbranched alkanes of at least 4 members (excludes halogenated alkanes) is 1. The molecule has 1 aromatic heterocycles. The van der Waals surface area contributed by atoms with Gasteiger partial charge in [-0.1, -0.05) is 20.3 Å². The lowest BCUT2D eigenvalue weighted by molar-refractivity contribution is -0.385. The molecule has 1 atom stereocenters. The van der Waals surface area contributed by atoms with E-state index in [0.717, 1.165) is 25.8 Å². The first-order valence-electron chi connectivity index (χ1n) is 6.97. The average Bonchev–Trinajstić information content (AvgIpc) is 2.37. The molecule has 1 heterocycles. The second-order valence-electron chi connectivity index (χ2n) is 4.90. The van der Waals surface area contributed by atoms with Gasteiger partial charge in [0, 0.05) is 12.6 Å². The lowest BCUT2D eigenvalue weighted by atomic mass is 10.2. The summed E-state index contributed by atoms with van der Waals surface area (Å²) < 4.78 is 0. The summed E-state index contributed by atoms with van der Waals surface area (Å²) in [6.07, 6.45) is 2.84. The fraction of sp³-hybridized carbons (Fsp3) is 0.692. The van der Waals surface area contributed by atoms with Crippen LogP contribution < -0.4 is 10.6 Å². The molecule has 0 aromatic carbocycles. The molecule has 1 unspecified atom stereocenters. The van der Waals surface area contributed by atoms with Crippen LogP contribution in [0.1, 0.15) is 45.7 Å². The topological polar surface area (TPSA) is 98.2 Å². The first-order valence-corrected chi connectivity index (χ1v) is 6.97. The highest BCUT2D eigenvalue weighted by molar-refractivity contribution is 5.62. The third-order valence-corrected chi connectivity index (χ3v) is 3.39. The van der Waals surface area contributed by atoms with Crippen molar-refractivity contribution in [3.05, 3.63) is 15.8 Å². The Labute approximate surface area is 119 Å². The summed E-state index contributed by atoms with van der Waals surface area (Å²) in [4.78, 5) is 20.9. The summed E-state index contributed by atoms with van der Waals surface area (Å²) >= 11 is 0. The molecule has 1 rings (SSSR count). The largest absolute Gasteiger partial charge is 0.368 e. The normalized spacial score (nSPS) is 12.2. The smallest absolute Gasteiger partial charge is 0.332 e.